The molecule has 130 valence electrons. The SMILES string of the molecule is COCc1cc(C)nc(SCC(=O)Nc2cc(F)ccc2C)c1C#N. The van der Waals surface area contributed by atoms with E-state index in [9.17, 15) is 14.4 Å². The van der Waals surface area contributed by atoms with Gasteiger partial charge in [-0.3, -0.25) is 4.79 Å². The third-order valence-electron chi connectivity index (χ3n) is 3.42. The number of thioether (sulfide) groups is 1. The summed E-state index contributed by atoms with van der Waals surface area (Å²) in [6.07, 6.45) is 0. The van der Waals surface area contributed by atoms with Crippen molar-refractivity contribution in [2.24, 2.45) is 0 Å². The van der Waals surface area contributed by atoms with Crippen LogP contribution in [-0.4, -0.2) is 23.8 Å². The van der Waals surface area contributed by atoms with E-state index in [-0.39, 0.29) is 11.7 Å². The maximum atomic E-state index is 13.3. The molecule has 7 heteroatoms. The van der Waals surface area contributed by atoms with E-state index in [0.29, 0.717) is 22.9 Å². The Morgan fingerprint density at radius 2 is 2.16 bits per heavy atom. The fourth-order valence-corrected chi connectivity index (χ4v) is 3.12. The van der Waals surface area contributed by atoms with Crippen molar-refractivity contribution in [2.75, 3.05) is 18.2 Å². The predicted molar refractivity (Wildman–Crippen MR) is 94.9 cm³/mol. The Morgan fingerprint density at radius 3 is 2.84 bits per heavy atom. The number of benzene rings is 1. The van der Waals surface area contributed by atoms with Crippen molar-refractivity contribution < 1.29 is 13.9 Å². The van der Waals surface area contributed by atoms with E-state index >= 15 is 0 Å². The Kier molecular flexibility index (Phi) is 6.51. The van der Waals surface area contributed by atoms with Crippen LogP contribution in [0.25, 0.3) is 0 Å². The number of amides is 1. The smallest absolute Gasteiger partial charge is 0.234 e. The number of rotatable bonds is 6. The number of nitrogens with one attached hydrogen (secondary N) is 1. The number of anilines is 1. The molecule has 2 rings (SSSR count). The fourth-order valence-electron chi connectivity index (χ4n) is 2.25. The van der Waals surface area contributed by atoms with E-state index < -0.39 is 5.82 Å². The molecule has 0 spiro atoms. The van der Waals surface area contributed by atoms with Gasteiger partial charge in [-0.15, -0.1) is 0 Å². The molecule has 1 aromatic heterocycles. The third-order valence-corrected chi connectivity index (χ3v) is 4.40. The van der Waals surface area contributed by atoms with Crippen LogP contribution >= 0.6 is 11.8 Å². The highest BCUT2D eigenvalue weighted by Crippen LogP contribution is 2.25. The molecule has 0 saturated carbocycles. The number of methoxy groups -OCH3 is 1. The van der Waals surface area contributed by atoms with E-state index in [1.165, 1.54) is 23.9 Å². The summed E-state index contributed by atoms with van der Waals surface area (Å²) in [5, 5.41) is 12.5. The molecule has 0 unspecified atom stereocenters. The molecule has 0 saturated heterocycles. The lowest BCUT2D eigenvalue weighted by atomic mass is 10.1. The predicted octanol–water partition coefficient (Wildman–Crippen LogP) is 3.59. The minimum absolute atomic E-state index is 0.0630. The van der Waals surface area contributed by atoms with Crippen molar-refractivity contribution in [3.8, 4) is 6.07 Å². The van der Waals surface area contributed by atoms with Crippen molar-refractivity contribution >= 4 is 23.4 Å². The van der Waals surface area contributed by atoms with Gasteiger partial charge in [0.25, 0.3) is 0 Å². The van der Waals surface area contributed by atoms with Gasteiger partial charge in [-0.25, -0.2) is 9.37 Å². The highest BCUT2D eigenvalue weighted by Gasteiger charge is 2.14. The maximum absolute atomic E-state index is 13.3. The molecular weight excluding hydrogens is 341 g/mol. The second-order valence-electron chi connectivity index (χ2n) is 5.44. The van der Waals surface area contributed by atoms with Gasteiger partial charge in [0.15, 0.2) is 0 Å². The van der Waals surface area contributed by atoms with Gasteiger partial charge in [-0.1, -0.05) is 17.8 Å². The van der Waals surface area contributed by atoms with E-state index in [1.54, 1.807) is 26.2 Å². The monoisotopic (exact) mass is 359 g/mol. The molecule has 1 amide bonds. The van der Waals surface area contributed by atoms with Gasteiger partial charge in [-0.2, -0.15) is 5.26 Å². The first-order chi connectivity index (χ1) is 11.9. The van der Waals surface area contributed by atoms with Crippen LogP contribution in [0.15, 0.2) is 29.3 Å². The van der Waals surface area contributed by atoms with Crippen molar-refractivity contribution in [2.45, 2.75) is 25.5 Å². The summed E-state index contributed by atoms with van der Waals surface area (Å²) >= 11 is 1.17. The lowest BCUT2D eigenvalue weighted by molar-refractivity contribution is -0.113. The van der Waals surface area contributed by atoms with Crippen LogP contribution < -0.4 is 5.32 Å². The molecule has 1 aromatic carbocycles. The molecule has 0 radical (unpaired) electrons. The number of hydrogen-bond acceptors (Lipinski definition) is 5. The number of ether oxygens (including phenoxy) is 1. The summed E-state index contributed by atoms with van der Waals surface area (Å²) in [7, 11) is 1.55. The zero-order valence-corrected chi connectivity index (χ0v) is 15.0. The number of pyridine rings is 1. The van der Waals surface area contributed by atoms with Crippen molar-refractivity contribution in [1.29, 1.82) is 5.26 Å². The number of hydrogen-bond donors (Lipinski definition) is 1. The minimum atomic E-state index is -0.412. The fraction of sp³-hybridized carbons (Fsp3) is 0.278. The molecule has 0 aliphatic rings. The number of carbonyl (C=O) groups is 1. The number of aryl methyl sites for hydroxylation is 2. The first-order valence-corrected chi connectivity index (χ1v) is 8.51. The van der Waals surface area contributed by atoms with Crippen LogP contribution in [0.1, 0.15) is 22.4 Å². The summed E-state index contributed by atoms with van der Waals surface area (Å²) in [5.74, 6) is -0.642. The Hall–Kier alpha value is -2.43. The van der Waals surface area contributed by atoms with Gasteiger partial charge in [0.1, 0.15) is 16.9 Å². The van der Waals surface area contributed by atoms with Crippen LogP contribution in [0.4, 0.5) is 10.1 Å². The van der Waals surface area contributed by atoms with Gasteiger partial charge in [0, 0.05) is 18.5 Å². The molecule has 0 bridgehead atoms. The summed E-state index contributed by atoms with van der Waals surface area (Å²) in [5.41, 5.74) is 3.10. The van der Waals surface area contributed by atoms with Gasteiger partial charge in [-0.05, 0) is 43.2 Å². The molecule has 2 aromatic rings. The summed E-state index contributed by atoms with van der Waals surface area (Å²) < 4.78 is 18.4. The Labute approximate surface area is 150 Å². The highest BCUT2D eigenvalue weighted by molar-refractivity contribution is 8.00. The molecule has 5 nitrogen and oxygen atoms in total. The average molecular weight is 359 g/mol. The van der Waals surface area contributed by atoms with Crippen molar-refractivity contribution in [1.82, 2.24) is 4.98 Å². The minimum Gasteiger partial charge on any atom is -0.380 e. The summed E-state index contributed by atoms with van der Waals surface area (Å²) in [6, 6.07) is 8.14. The molecule has 0 aliphatic carbocycles. The second-order valence-corrected chi connectivity index (χ2v) is 6.41. The molecular formula is C18H18FN3O2S. The molecule has 25 heavy (non-hydrogen) atoms. The first kappa shape index (κ1) is 18.9. The van der Waals surface area contributed by atoms with E-state index in [1.807, 2.05) is 6.92 Å². The van der Waals surface area contributed by atoms with Crippen LogP contribution in [0.2, 0.25) is 0 Å². The summed E-state index contributed by atoms with van der Waals surface area (Å²) in [4.78, 5) is 16.5. The molecule has 1 heterocycles. The second kappa shape index (κ2) is 8.60. The Balaban J connectivity index is 2.11. The molecule has 0 aliphatic heterocycles. The van der Waals surface area contributed by atoms with Crippen LogP contribution in [-0.2, 0) is 16.1 Å². The zero-order valence-electron chi connectivity index (χ0n) is 14.2. The zero-order chi connectivity index (χ0) is 18.4. The van der Waals surface area contributed by atoms with Crippen LogP contribution in [0.3, 0.4) is 0 Å². The lowest BCUT2D eigenvalue weighted by Gasteiger charge is -2.11. The first-order valence-electron chi connectivity index (χ1n) is 7.53. The average Bonchev–Trinajstić information content (AvgIpc) is 2.56. The topological polar surface area (TPSA) is 75.0 Å². The van der Waals surface area contributed by atoms with Gasteiger partial charge in [0.05, 0.1) is 17.9 Å². The largest absolute Gasteiger partial charge is 0.380 e. The van der Waals surface area contributed by atoms with Crippen LogP contribution in [0.5, 0.6) is 0 Å². The normalized spacial score (nSPS) is 10.4. The lowest BCUT2D eigenvalue weighted by Crippen LogP contribution is -2.15. The summed E-state index contributed by atoms with van der Waals surface area (Å²) in [6.45, 7) is 3.91. The van der Waals surface area contributed by atoms with Gasteiger partial charge in [0.2, 0.25) is 5.91 Å². The molecule has 0 fully saturated rings. The number of nitriles is 1. The Bertz CT molecular complexity index is 834. The Morgan fingerprint density at radius 1 is 1.40 bits per heavy atom. The van der Waals surface area contributed by atoms with E-state index in [0.717, 1.165) is 16.8 Å². The van der Waals surface area contributed by atoms with Crippen molar-refractivity contribution in [3.05, 3.63) is 52.5 Å². The van der Waals surface area contributed by atoms with Gasteiger partial charge >= 0.3 is 0 Å². The van der Waals surface area contributed by atoms with Crippen LogP contribution in [0, 0.1) is 31.0 Å². The quantitative estimate of drug-likeness (QED) is 0.798. The third kappa shape index (κ3) is 5.02. The standard InChI is InChI=1S/C18H18FN3O2S/c1-11-4-5-14(19)7-16(11)22-17(23)10-25-18-15(8-20)13(9-24-3)6-12(2)21-18/h4-7H,9-10H2,1-3H3,(H,22,23). The maximum Gasteiger partial charge on any atom is 0.234 e. The molecule has 0 atom stereocenters. The number of carbonyl (C=O) groups excluding carboxylic acids is 1. The number of aromatic nitrogens is 1. The van der Waals surface area contributed by atoms with Crippen molar-refractivity contribution in [3.63, 3.8) is 0 Å². The number of halogens is 1. The molecule has 1 N–H and O–H groups in total. The number of nitrogens with zero attached hydrogens (tertiary/aromatic N) is 2. The van der Waals surface area contributed by atoms with E-state index in [4.69, 9.17) is 4.74 Å². The highest BCUT2D eigenvalue weighted by atomic mass is 32.2. The van der Waals surface area contributed by atoms with E-state index in [2.05, 4.69) is 16.4 Å². The van der Waals surface area contributed by atoms with Gasteiger partial charge < -0.3 is 10.1 Å².